The highest BCUT2D eigenvalue weighted by Crippen LogP contribution is 2.19. The molecule has 0 saturated heterocycles. The lowest BCUT2D eigenvalue weighted by Gasteiger charge is -2.25. The number of hydrogen-bond acceptors (Lipinski definition) is 10. The molecule has 1 aromatic heterocycles. The zero-order chi connectivity index (χ0) is 32.9. The van der Waals surface area contributed by atoms with Crippen molar-refractivity contribution in [1.82, 2.24) is 25.9 Å². The standard InChI is InChI=1S/C28H44N6O9/c1-14(2)21(28(43)33-15(3)23(38)8-19(11-35)26(29)41)9-24(39)16(4)32-27(42)18(6-20-10-30-13-31-20)7-25(40)22(12-36)34-17(5)37/h10,13-16,18-19,21-22,35-36H,6-9,11-12H2,1-5H3,(H2,29,41)(H,30,31)(H,32,42)(H,33,43)(H,34,37)/t15-,16-,18+,19-,21-,22-/m0/s1. The topological polar surface area (TPSA) is 251 Å². The van der Waals surface area contributed by atoms with Crippen LogP contribution in [0.3, 0.4) is 0 Å². The monoisotopic (exact) mass is 608 g/mol. The Kier molecular flexibility index (Phi) is 15.4. The van der Waals surface area contributed by atoms with E-state index < -0.39 is 90.1 Å². The summed E-state index contributed by atoms with van der Waals surface area (Å²) < 4.78 is 0. The predicted molar refractivity (Wildman–Crippen MR) is 153 cm³/mol. The number of imidazole rings is 1. The summed E-state index contributed by atoms with van der Waals surface area (Å²) in [6.45, 7) is 6.25. The predicted octanol–water partition coefficient (Wildman–Crippen LogP) is -1.68. The molecule has 15 nitrogen and oxygen atoms in total. The van der Waals surface area contributed by atoms with Crippen LogP contribution in [-0.2, 0) is 40.0 Å². The van der Waals surface area contributed by atoms with Gasteiger partial charge in [0.25, 0.3) is 0 Å². The third-order valence-corrected chi connectivity index (χ3v) is 7.10. The molecule has 0 unspecified atom stereocenters. The molecule has 0 aliphatic heterocycles. The minimum atomic E-state index is -1.20. The number of primary amides is 1. The molecule has 0 aliphatic rings. The summed E-state index contributed by atoms with van der Waals surface area (Å²) in [6.07, 6.45) is 1.99. The van der Waals surface area contributed by atoms with Crippen molar-refractivity contribution in [1.29, 1.82) is 0 Å². The maximum atomic E-state index is 13.2. The van der Waals surface area contributed by atoms with Gasteiger partial charge in [0, 0.05) is 50.4 Å². The number of nitrogens with two attached hydrogens (primary N) is 1. The molecule has 0 aromatic carbocycles. The average molecular weight is 609 g/mol. The number of hydrogen-bond donors (Lipinski definition) is 7. The van der Waals surface area contributed by atoms with Crippen molar-refractivity contribution < 1.29 is 43.8 Å². The highest BCUT2D eigenvalue weighted by atomic mass is 16.3. The first kappa shape index (κ1) is 37.0. The molecule has 0 aliphatic carbocycles. The number of ketones is 3. The van der Waals surface area contributed by atoms with Crippen LogP contribution in [0, 0.1) is 23.7 Å². The molecular weight excluding hydrogens is 564 g/mol. The summed E-state index contributed by atoms with van der Waals surface area (Å²) in [5.41, 5.74) is 5.71. The van der Waals surface area contributed by atoms with Crippen molar-refractivity contribution in [2.75, 3.05) is 13.2 Å². The second-order valence-electron chi connectivity index (χ2n) is 11.0. The van der Waals surface area contributed by atoms with Gasteiger partial charge in [-0.1, -0.05) is 13.8 Å². The fourth-order valence-electron chi connectivity index (χ4n) is 4.29. The fraction of sp³-hybridized carbons (Fsp3) is 0.643. The molecule has 8 N–H and O–H groups in total. The molecule has 0 saturated carbocycles. The van der Waals surface area contributed by atoms with Gasteiger partial charge in [-0.15, -0.1) is 0 Å². The Morgan fingerprint density at radius 2 is 1.37 bits per heavy atom. The van der Waals surface area contributed by atoms with Crippen LogP contribution in [0.15, 0.2) is 12.5 Å². The number of aromatic amines is 1. The first-order valence-electron chi connectivity index (χ1n) is 14.0. The molecule has 1 aromatic rings. The SMILES string of the molecule is CC(=O)N[C@@H](CO)C(=O)C[C@@H](Cc1cnc[nH]1)C(=O)N[C@@H](C)C(=O)C[C@H](C(=O)N[C@@H](C)C(=O)C[C@@H](CO)C(N)=O)C(C)C. The number of nitrogens with zero attached hydrogens (tertiary/aromatic N) is 1. The van der Waals surface area contributed by atoms with Crippen molar-refractivity contribution in [3.8, 4) is 0 Å². The van der Waals surface area contributed by atoms with E-state index in [0.717, 1.165) is 0 Å². The molecule has 1 heterocycles. The lowest BCUT2D eigenvalue weighted by Crippen LogP contribution is -2.48. The number of nitrogens with one attached hydrogen (secondary N) is 4. The van der Waals surface area contributed by atoms with E-state index in [1.54, 1.807) is 13.8 Å². The summed E-state index contributed by atoms with van der Waals surface area (Å²) in [4.78, 5) is 94.0. The number of carbonyl (C=O) groups excluding carboxylic acids is 7. The van der Waals surface area contributed by atoms with Gasteiger partial charge in [0.05, 0.1) is 43.5 Å². The van der Waals surface area contributed by atoms with Gasteiger partial charge in [0.2, 0.25) is 23.6 Å². The number of H-pyrrole nitrogens is 1. The summed E-state index contributed by atoms with van der Waals surface area (Å²) in [5, 5.41) is 26.2. The van der Waals surface area contributed by atoms with Gasteiger partial charge in [-0.25, -0.2) is 4.98 Å². The largest absolute Gasteiger partial charge is 0.396 e. The molecule has 240 valence electrons. The molecule has 1 rings (SSSR count). The smallest absolute Gasteiger partial charge is 0.224 e. The van der Waals surface area contributed by atoms with E-state index in [1.165, 1.54) is 33.3 Å². The van der Waals surface area contributed by atoms with E-state index in [4.69, 9.17) is 5.73 Å². The Balaban J connectivity index is 2.92. The number of amides is 4. The summed E-state index contributed by atoms with van der Waals surface area (Å²) >= 11 is 0. The zero-order valence-electron chi connectivity index (χ0n) is 25.2. The summed E-state index contributed by atoms with van der Waals surface area (Å²) in [6, 6.07) is -3.24. The normalized spacial score (nSPS) is 15.3. The van der Waals surface area contributed by atoms with E-state index in [0.29, 0.717) is 5.69 Å². The minimum Gasteiger partial charge on any atom is -0.396 e. The van der Waals surface area contributed by atoms with E-state index in [-0.39, 0.29) is 31.6 Å². The molecule has 0 bridgehead atoms. The van der Waals surface area contributed by atoms with Gasteiger partial charge in [0.1, 0.15) is 6.04 Å². The van der Waals surface area contributed by atoms with Crippen LogP contribution < -0.4 is 21.7 Å². The number of carbonyl (C=O) groups is 7. The number of aliphatic hydroxyl groups excluding tert-OH is 2. The third-order valence-electron chi connectivity index (χ3n) is 7.10. The molecule has 0 fully saturated rings. The molecule has 43 heavy (non-hydrogen) atoms. The number of Topliss-reactive ketones (excluding diaryl/α,β-unsaturated/α-hetero) is 3. The van der Waals surface area contributed by atoms with Gasteiger partial charge in [-0.05, 0) is 19.8 Å². The van der Waals surface area contributed by atoms with Gasteiger partial charge < -0.3 is 36.9 Å². The van der Waals surface area contributed by atoms with E-state index in [2.05, 4.69) is 25.9 Å². The van der Waals surface area contributed by atoms with E-state index in [9.17, 15) is 43.8 Å². The molecule has 15 heteroatoms. The maximum absolute atomic E-state index is 13.2. The minimum absolute atomic E-state index is 0.0620. The fourth-order valence-corrected chi connectivity index (χ4v) is 4.29. The lowest BCUT2D eigenvalue weighted by atomic mass is 9.87. The Hall–Kier alpha value is -3.98. The van der Waals surface area contributed by atoms with Crippen LogP contribution in [0.2, 0.25) is 0 Å². The molecule has 6 atom stereocenters. The number of aromatic nitrogens is 2. The third kappa shape index (κ3) is 12.4. The number of rotatable bonds is 20. The van der Waals surface area contributed by atoms with Crippen LogP contribution in [0.4, 0.5) is 0 Å². The Morgan fingerprint density at radius 3 is 1.84 bits per heavy atom. The van der Waals surface area contributed by atoms with Gasteiger partial charge in [0.15, 0.2) is 17.3 Å². The van der Waals surface area contributed by atoms with Crippen molar-refractivity contribution in [2.24, 2.45) is 29.4 Å². The average Bonchev–Trinajstić information content (AvgIpc) is 3.44. The zero-order valence-corrected chi connectivity index (χ0v) is 25.2. The van der Waals surface area contributed by atoms with Gasteiger partial charge in [-0.3, -0.25) is 33.6 Å². The molecular formula is C28H44N6O9. The second kappa shape index (κ2) is 17.9. The van der Waals surface area contributed by atoms with Crippen molar-refractivity contribution >= 4 is 41.0 Å². The Morgan fingerprint density at radius 1 is 0.814 bits per heavy atom. The molecule has 0 radical (unpaired) electrons. The van der Waals surface area contributed by atoms with Crippen LogP contribution in [-0.4, -0.2) is 92.5 Å². The first-order valence-corrected chi connectivity index (χ1v) is 14.0. The van der Waals surface area contributed by atoms with Gasteiger partial charge >= 0.3 is 0 Å². The van der Waals surface area contributed by atoms with Gasteiger partial charge in [-0.2, -0.15) is 0 Å². The quantitative estimate of drug-likeness (QED) is 0.0885. The van der Waals surface area contributed by atoms with E-state index in [1.807, 2.05) is 0 Å². The highest BCUT2D eigenvalue weighted by molar-refractivity contribution is 5.96. The van der Waals surface area contributed by atoms with Crippen LogP contribution in [0.5, 0.6) is 0 Å². The Bertz CT molecular complexity index is 1140. The van der Waals surface area contributed by atoms with E-state index >= 15 is 0 Å². The van der Waals surface area contributed by atoms with Crippen molar-refractivity contribution in [3.05, 3.63) is 18.2 Å². The second-order valence-corrected chi connectivity index (χ2v) is 11.0. The van der Waals surface area contributed by atoms with Crippen LogP contribution in [0.1, 0.15) is 59.6 Å². The molecule has 0 spiro atoms. The Labute approximate surface area is 250 Å². The summed E-state index contributed by atoms with van der Waals surface area (Å²) in [5.74, 6) is -7.32. The van der Waals surface area contributed by atoms with Crippen molar-refractivity contribution in [3.63, 3.8) is 0 Å². The maximum Gasteiger partial charge on any atom is 0.224 e. The van der Waals surface area contributed by atoms with Crippen LogP contribution >= 0.6 is 0 Å². The summed E-state index contributed by atoms with van der Waals surface area (Å²) in [7, 11) is 0. The van der Waals surface area contributed by atoms with Crippen LogP contribution in [0.25, 0.3) is 0 Å². The molecule has 4 amide bonds. The van der Waals surface area contributed by atoms with Crippen molar-refractivity contribution in [2.45, 2.75) is 78.4 Å². The first-order chi connectivity index (χ1) is 20.1. The highest BCUT2D eigenvalue weighted by Gasteiger charge is 2.33. The lowest BCUT2D eigenvalue weighted by molar-refractivity contribution is -0.136. The number of aliphatic hydroxyl groups is 2.